The first-order chi connectivity index (χ1) is 9.36. The van der Waals surface area contributed by atoms with Gasteiger partial charge in [0.1, 0.15) is 0 Å². The van der Waals surface area contributed by atoms with Crippen molar-refractivity contribution in [3.63, 3.8) is 0 Å². The van der Waals surface area contributed by atoms with Crippen LogP contribution in [0.2, 0.25) is 0 Å². The van der Waals surface area contributed by atoms with Crippen LogP contribution in [0.15, 0.2) is 0 Å². The summed E-state index contributed by atoms with van der Waals surface area (Å²) in [5.74, 6) is 0.191. The Balaban J connectivity index is 2.74. The van der Waals surface area contributed by atoms with E-state index in [1.807, 2.05) is 4.72 Å². The lowest BCUT2D eigenvalue weighted by atomic mass is 9.95. The predicted octanol–water partition coefficient (Wildman–Crippen LogP) is 2.24. The lowest BCUT2D eigenvalue weighted by molar-refractivity contribution is 0.120. The van der Waals surface area contributed by atoms with E-state index in [2.05, 4.69) is 0 Å². The molecule has 0 spiro atoms. The Kier molecular flexibility index (Phi) is 7.05. The topological polar surface area (TPSA) is 75.7 Å². The van der Waals surface area contributed by atoms with Crippen LogP contribution in [0.3, 0.4) is 0 Å². The van der Waals surface area contributed by atoms with E-state index in [1.54, 1.807) is 13.8 Å². The zero-order valence-electron chi connectivity index (χ0n) is 12.0. The first-order valence-corrected chi connectivity index (χ1v) is 8.90. The summed E-state index contributed by atoms with van der Waals surface area (Å²) in [6.45, 7) is 3.50. The lowest BCUT2D eigenvalue weighted by Gasteiger charge is -2.32. The number of ether oxygens (including phenoxy) is 1. The monoisotopic (exact) mass is 326 g/mol. The highest BCUT2D eigenvalue weighted by molar-refractivity contribution is 7.87. The fourth-order valence-electron chi connectivity index (χ4n) is 2.35. The highest BCUT2D eigenvalue weighted by atomic mass is 35.5. The van der Waals surface area contributed by atoms with Crippen LogP contribution >= 0.6 is 11.6 Å². The molecule has 0 aromatic rings. The molecule has 0 aliphatic heterocycles. The van der Waals surface area contributed by atoms with Crippen molar-refractivity contribution in [3.8, 4) is 0 Å². The van der Waals surface area contributed by atoms with Gasteiger partial charge in [0.2, 0.25) is 0 Å². The van der Waals surface area contributed by atoms with E-state index < -0.39 is 16.3 Å². The van der Waals surface area contributed by atoms with Gasteiger partial charge in [0.25, 0.3) is 0 Å². The largest absolute Gasteiger partial charge is 0.446 e. The van der Waals surface area contributed by atoms with Gasteiger partial charge in [-0.3, -0.25) is 0 Å². The van der Waals surface area contributed by atoms with Crippen molar-refractivity contribution in [1.29, 1.82) is 0 Å². The minimum Gasteiger partial charge on any atom is -0.446 e. The highest BCUT2D eigenvalue weighted by Gasteiger charge is 2.32. The molecule has 0 aromatic carbocycles. The van der Waals surface area contributed by atoms with Gasteiger partial charge in [0, 0.05) is 18.5 Å². The van der Waals surface area contributed by atoms with Gasteiger partial charge >= 0.3 is 16.3 Å². The minimum absolute atomic E-state index is 0.0909. The number of alkyl halides is 1. The second-order valence-corrected chi connectivity index (χ2v) is 7.15. The Labute approximate surface area is 126 Å². The molecule has 0 atom stereocenters. The normalized spacial score (nSPS) is 17.4. The molecule has 0 saturated heterocycles. The number of rotatable bonds is 6. The second-order valence-electron chi connectivity index (χ2n) is 5.15. The average molecular weight is 327 g/mol. The van der Waals surface area contributed by atoms with Crippen molar-refractivity contribution in [3.05, 3.63) is 0 Å². The van der Waals surface area contributed by atoms with Crippen molar-refractivity contribution in [2.75, 3.05) is 12.4 Å². The number of nitrogens with zero attached hydrogens (tertiary/aromatic N) is 1. The summed E-state index contributed by atoms with van der Waals surface area (Å²) in [5.41, 5.74) is 0. The molecule has 118 valence electrons. The molecule has 1 fully saturated rings. The van der Waals surface area contributed by atoms with Crippen LogP contribution in [-0.2, 0) is 14.9 Å². The van der Waals surface area contributed by atoms with Gasteiger partial charge in [-0.15, -0.1) is 11.6 Å². The third-order valence-corrected chi connectivity index (χ3v) is 4.84. The van der Waals surface area contributed by atoms with Gasteiger partial charge in [0.15, 0.2) is 0 Å². The smallest absolute Gasteiger partial charge is 0.422 e. The van der Waals surface area contributed by atoms with Crippen molar-refractivity contribution in [2.24, 2.45) is 0 Å². The number of carbonyl (C=O) groups is 1. The maximum absolute atomic E-state index is 12.3. The van der Waals surface area contributed by atoms with Crippen LogP contribution in [0, 0.1) is 0 Å². The van der Waals surface area contributed by atoms with Crippen LogP contribution in [0.5, 0.6) is 0 Å². The summed E-state index contributed by atoms with van der Waals surface area (Å²) in [4.78, 5) is 11.5. The van der Waals surface area contributed by atoms with Crippen LogP contribution in [0.1, 0.15) is 46.0 Å². The van der Waals surface area contributed by atoms with E-state index in [-0.39, 0.29) is 24.6 Å². The molecule has 1 N–H and O–H groups in total. The summed E-state index contributed by atoms with van der Waals surface area (Å²) in [7, 11) is -3.90. The van der Waals surface area contributed by atoms with E-state index in [0.29, 0.717) is 0 Å². The van der Waals surface area contributed by atoms with Crippen molar-refractivity contribution in [1.82, 2.24) is 9.03 Å². The molecular formula is C12H23ClN2O4S. The number of amides is 1. The number of nitrogens with one attached hydrogen (secondary N) is 1. The van der Waals surface area contributed by atoms with Gasteiger partial charge in [-0.1, -0.05) is 19.3 Å². The summed E-state index contributed by atoms with van der Waals surface area (Å²) >= 11 is 5.69. The van der Waals surface area contributed by atoms with E-state index in [0.717, 1.165) is 32.1 Å². The Morgan fingerprint density at radius 2 is 1.95 bits per heavy atom. The molecule has 1 amide bonds. The molecule has 1 aliphatic rings. The summed E-state index contributed by atoms with van der Waals surface area (Å²) < 4.78 is 32.6. The Morgan fingerprint density at radius 3 is 2.45 bits per heavy atom. The molecule has 0 radical (unpaired) electrons. The zero-order valence-corrected chi connectivity index (χ0v) is 13.5. The zero-order chi connectivity index (χ0) is 15.2. The summed E-state index contributed by atoms with van der Waals surface area (Å²) in [6.07, 6.45) is 3.39. The SMILES string of the molecule is CC(C)OC(=O)NS(=O)(=O)N(CCCl)C1CCCCC1. The fraction of sp³-hybridized carbons (Fsp3) is 0.917. The average Bonchev–Trinajstić information content (AvgIpc) is 2.35. The first-order valence-electron chi connectivity index (χ1n) is 6.93. The predicted molar refractivity (Wildman–Crippen MR) is 78.0 cm³/mol. The van der Waals surface area contributed by atoms with E-state index in [9.17, 15) is 13.2 Å². The third-order valence-electron chi connectivity index (χ3n) is 3.15. The number of carbonyl (C=O) groups excluding carboxylic acids is 1. The molecule has 1 rings (SSSR count). The van der Waals surface area contributed by atoms with Crippen molar-refractivity contribution < 1.29 is 17.9 Å². The van der Waals surface area contributed by atoms with E-state index in [4.69, 9.17) is 16.3 Å². The molecular weight excluding hydrogens is 304 g/mol. The maximum Gasteiger partial charge on any atom is 0.422 e. The van der Waals surface area contributed by atoms with Gasteiger partial charge < -0.3 is 4.74 Å². The molecule has 1 aliphatic carbocycles. The molecule has 1 saturated carbocycles. The molecule has 6 nitrogen and oxygen atoms in total. The van der Waals surface area contributed by atoms with Crippen molar-refractivity contribution >= 4 is 27.9 Å². The highest BCUT2D eigenvalue weighted by Crippen LogP contribution is 2.24. The number of hydrogen-bond acceptors (Lipinski definition) is 4. The lowest BCUT2D eigenvalue weighted by Crippen LogP contribution is -2.50. The molecule has 0 aromatic heterocycles. The van der Waals surface area contributed by atoms with Gasteiger partial charge in [-0.2, -0.15) is 12.7 Å². The molecule has 0 heterocycles. The van der Waals surface area contributed by atoms with Crippen LogP contribution < -0.4 is 4.72 Å². The van der Waals surface area contributed by atoms with E-state index in [1.165, 1.54) is 4.31 Å². The molecule has 20 heavy (non-hydrogen) atoms. The quantitative estimate of drug-likeness (QED) is 0.759. The number of hydrogen-bond donors (Lipinski definition) is 1. The maximum atomic E-state index is 12.3. The Hall–Kier alpha value is -0.530. The third kappa shape index (κ3) is 5.46. The van der Waals surface area contributed by atoms with E-state index >= 15 is 0 Å². The van der Waals surface area contributed by atoms with Gasteiger partial charge in [-0.05, 0) is 26.7 Å². The van der Waals surface area contributed by atoms with Gasteiger partial charge in [-0.25, -0.2) is 9.52 Å². The summed E-state index contributed by atoms with van der Waals surface area (Å²) in [5, 5.41) is 0. The number of halogens is 1. The summed E-state index contributed by atoms with van der Waals surface area (Å²) in [6, 6.07) is -0.0909. The Morgan fingerprint density at radius 1 is 1.35 bits per heavy atom. The molecule has 8 heteroatoms. The second kappa shape index (κ2) is 8.05. The van der Waals surface area contributed by atoms with Crippen LogP contribution in [0.4, 0.5) is 4.79 Å². The minimum atomic E-state index is -3.90. The van der Waals surface area contributed by atoms with Crippen molar-refractivity contribution in [2.45, 2.75) is 58.1 Å². The first kappa shape index (κ1) is 17.5. The molecule has 0 bridgehead atoms. The van der Waals surface area contributed by atoms with Crippen LogP contribution in [-0.4, -0.2) is 43.4 Å². The Bertz CT molecular complexity index is 408. The van der Waals surface area contributed by atoms with Gasteiger partial charge in [0.05, 0.1) is 6.10 Å². The molecule has 0 unspecified atom stereocenters. The standard InChI is InChI=1S/C12H23ClN2O4S/c1-10(2)19-12(16)14-20(17,18)15(9-8-13)11-6-4-3-5-7-11/h10-11H,3-9H2,1-2H3,(H,14,16). The fourth-order valence-corrected chi connectivity index (χ4v) is 3.95. The van der Waals surface area contributed by atoms with Crippen LogP contribution in [0.25, 0.3) is 0 Å².